The fraction of sp³-hybridized carbons (Fsp3) is 0.514. The molecule has 2 atom stereocenters. The summed E-state index contributed by atoms with van der Waals surface area (Å²) in [6, 6.07) is 5.89. The van der Waals surface area contributed by atoms with Crippen molar-refractivity contribution in [1.82, 2.24) is 25.2 Å². The van der Waals surface area contributed by atoms with Crippen LogP contribution in [0, 0.1) is 11.6 Å². The van der Waals surface area contributed by atoms with Crippen LogP contribution in [-0.2, 0) is 20.5 Å². The molecule has 0 saturated carbocycles. The number of aromatic nitrogens is 3. The number of methoxy groups -OCH3 is 1. The van der Waals surface area contributed by atoms with Crippen LogP contribution in [0.1, 0.15) is 51.0 Å². The van der Waals surface area contributed by atoms with Gasteiger partial charge < -0.3 is 34.2 Å². The lowest BCUT2D eigenvalue weighted by atomic mass is 9.90. The molecule has 2 unspecified atom stereocenters. The number of alkyl halides is 1. The lowest BCUT2D eigenvalue weighted by Gasteiger charge is -2.42. The molecule has 54 heavy (non-hydrogen) atoms. The summed E-state index contributed by atoms with van der Waals surface area (Å²) in [7, 11) is -1.14. The number of benzene rings is 2. The van der Waals surface area contributed by atoms with Crippen LogP contribution in [0.3, 0.4) is 0 Å². The molecule has 0 bridgehead atoms. The minimum absolute atomic E-state index is 0.0666. The largest absolute Gasteiger partial charge is 0.467 e. The third kappa shape index (κ3) is 7.77. The summed E-state index contributed by atoms with van der Waals surface area (Å²) in [6.07, 6.45) is 5.47. The van der Waals surface area contributed by atoms with E-state index in [0.29, 0.717) is 42.4 Å². The number of nitrogens with one attached hydrogen (secondary N) is 1. The average Bonchev–Trinajstić information content (AvgIpc) is 3.72. The lowest BCUT2D eigenvalue weighted by Crippen LogP contribution is -2.58. The number of halogens is 3. The topological polar surface area (TPSA) is 152 Å². The first kappa shape index (κ1) is 38.4. The van der Waals surface area contributed by atoms with Gasteiger partial charge in [-0.15, -0.1) is 0 Å². The number of hydrogen-bond acceptors (Lipinski definition) is 12. The van der Waals surface area contributed by atoms with Gasteiger partial charge in [0.25, 0.3) is 0 Å². The molecule has 3 saturated heterocycles. The van der Waals surface area contributed by atoms with Gasteiger partial charge in [0, 0.05) is 38.4 Å². The molecule has 0 spiro atoms. The second-order valence-electron chi connectivity index (χ2n) is 14.6. The van der Waals surface area contributed by atoms with E-state index in [-0.39, 0.29) is 71.2 Å². The Labute approximate surface area is 311 Å². The van der Waals surface area contributed by atoms with Crippen molar-refractivity contribution in [1.29, 1.82) is 0 Å². The van der Waals surface area contributed by atoms with Gasteiger partial charge in [-0.1, -0.05) is 6.07 Å². The van der Waals surface area contributed by atoms with E-state index in [1.807, 2.05) is 0 Å². The summed E-state index contributed by atoms with van der Waals surface area (Å²) in [5.41, 5.74) is -0.873. The number of ether oxygens (including phenoxy) is 3. The first-order chi connectivity index (χ1) is 26.0. The minimum Gasteiger partial charge on any atom is -0.467 e. The summed E-state index contributed by atoms with van der Waals surface area (Å²) in [5, 5.41) is 3.85. The number of amides is 1. The zero-order valence-electron chi connectivity index (χ0n) is 30.2. The molecule has 5 heterocycles. The van der Waals surface area contributed by atoms with Gasteiger partial charge in [0.15, 0.2) is 12.6 Å². The van der Waals surface area contributed by atoms with E-state index in [1.54, 1.807) is 31.1 Å². The van der Waals surface area contributed by atoms with Crippen LogP contribution in [0.5, 0.6) is 11.8 Å². The van der Waals surface area contributed by atoms with Crippen molar-refractivity contribution in [2.75, 3.05) is 58.2 Å². The Hall–Kier alpha value is -3.92. The maximum atomic E-state index is 17.3. The molecule has 0 radical (unpaired) electrons. The molecule has 1 amide bonds. The van der Waals surface area contributed by atoms with Gasteiger partial charge in [0.05, 0.1) is 23.0 Å². The lowest BCUT2D eigenvalue weighted by molar-refractivity contribution is -0.111. The minimum atomic E-state index is -2.70. The number of carbonyl (C=O) groups excluding carboxylic acids is 1. The van der Waals surface area contributed by atoms with Crippen molar-refractivity contribution < 1.29 is 46.5 Å². The molecular weight excluding hydrogens is 728 g/mol. The van der Waals surface area contributed by atoms with Crippen molar-refractivity contribution in [2.24, 2.45) is 0 Å². The highest BCUT2D eigenvalue weighted by Crippen LogP contribution is 2.42. The molecule has 7 rings (SSSR count). The first-order valence-corrected chi connectivity index (χ1v) is 19.2. The van der Waals surface area contributed by atoms with Crippen molar-refractivity contribution in [3.63, 3.8) is 0 Å². The molecule has 2 aromatic carbocycles. The van der Waals surface area contributed by atoms with E-state index >= 15 is 13.2 Å². The average molecular weight is 773 g/mol. The Bertz CT molecular complexity index is 2000. The van der Waals surface area contributed by atoms with Gasteiger partial charge in [0.1, 0.15) is 41.4 Å². The van der Waals surface area contributed by atoms with Crippen LogP contribution in [0.2, 0.25) is 0 Å². The highest BCUT2D eigenvalue weighted by atomic mass is 31.2. The quantitative estimate of drug-likeness (QED) is 0.0621. The fourth-order valence-electron chi connectivity index (χ4n) is 8.46. The Balaban J connectivity index is 1.38. The SMILES string of the molecule is COCCCc1c(F)ccc2cc(OCOP(O)O)cc(-c3ncc4c(N5CC(F)CC(C)(NC=O)C5)nc(OCC56CCCN5CCC6)nc4c3F)c12. The van der Waals surface area contributed by atoms with E-state index in [4.69, 9.17) is 23.7 Å². The van der Waals surface area contributed by atoms with Crippen molar-refractivity contribution in [3.8, 4) is 23.0 Å². The standard InChI is InChI=1S/C37H44F3N6O7P/c1-36(42-21-47)16-24(38)18-45(19-36)34-28-17-41-32(31(40)33(28)43-35(44-34)51-20-37-9-4-11-46(37)12-5-10-37)27-15-25(52-22-53-54(48)49)14-23-7-8-29(39)26(30(23)27)6-3-13-50-2/h7-8,14-15,17,21,24,48-49H,3-6,9-13,16,18-20,22H2,1-2H3,(H,42,47). The summed E-state index contributed by atoms with van der Waals surface area (Å²) >= 11 is 0. The molecule has 3 aliphatic heterocycles. The number of fused-ring (bicyclic) bond motifs is 3. The summed E-state index contributed by atoms with van der Waals surface area (Å²) in [6.45, 7) is 3.96. The number of hydrogen-bond donors (Lipinski definition) is 3. The number of aryl methyl sites for hydroxylation is 1. The third-order valence-corrected chi connectivity index (χ3v) is 11.2. The van der Waals surface area contributed by atoms with Crippen molar-refractivity contribution in [2.45, 2.75) is 69.1 Å². The third-order valence-electron chi connectivity index (χ3n) is 10.8. The van der Waals surface area contributed by atoms with Crippen molar-refractivity contribution >= 4 is 42.5 Å². The van der Waals surface area contributed by atoms with E-state index in [1.165, 1.54) is 18.3 Å². The zero-order chi connectivity index (χ0) is 38.0. The van der Waals surface area contributed by atoms with Crippen LogP contribution in [-0.4, -0.2) is 107 Å². The number of pyridine rings is 1. The first-order valence-electron chi connectivity index (χ1n) is 18.1. The van der Waals surface area contributed by atoms with Gasteiger partial charge in [-0.25, -0.2) is 13.2 Å². The predicted octanol–water partition coefficient (Wildman–Crippen LogP) is 5.33. The van der Waals surface area contributed by atoms with Crippen LogP contribution in [0.15, 0.2) is 30.5 Å². The smallest absolute Gasteiger partial charge is 0.330 e. The molecule has 13 nitrogen and oxygen atoms in total. The van der Waals surface area contributed by atoms with Gasteiger partial charge in [-0.2, -0.15) is 9.97 Å². The summed E-state index contributed by atoms with van der Waals surface area (Å²) < 4.78 is 70.3. The summed E-state index contributed by atoms with van der Waals surface area (Å²) in [4.78, 5) is 47.9. The van der Waals surface area contributed by atoms with Gasteiger partial charge in [-0.05, 0) is 93.1 Å². The van der Waals surface area contributed by atoms with Gasteiger partial charge in [0.2, 0.25) is 6.41 Å². The molecule has 3 fully saturated rings. The Morgan fingerprint density at radius 2 is 1.93 bits per heavy atom. The molecule has 2 aromatic heterocycles. The molecule has 4 aromatic rings. The second-order valence-corrected chi connectivity index (χ2v) is 15.3. The monoisotopic (exact) mass is 772 g/mol. The number of carbonyl (C=O) groups is 1. The van der Waals surface area contributed by atoms with Crippen molar-refractivity contribution in [3.05, 3.63) is 47.7 Å². The predicted molar refractivity (Wildman–Crippen MR) is 196 cm³/mol. The zero-order valence-corrected chi connectivity index (χ0v) is 31.1. The Morgan fingerprint density at radius 3 is 2.67 bits per heavy atom. The van der Waals surface area contributed by atoms with Crippen LogP contribution in [0.4, 0.5) is 19.0 Å². The highest BCUT2D eigenvalue weighted by Gasteiger charge is 2.45. The normalized spacial score (nSPS) is 21.3. The number of anilines is 1. The number of piperidine rings is 1. The van der Waals surface area contributed by atoms with E-state index < -0.39 is 38.7 Å². The molecule has 17 heteroatoms. The van der Waals surface area contributed by atoms with Gasteiger partial charge in [-0.3, -0.25) is 19.2 Å². The van der Waals surface area contributed by atoms with E-state index in [9.17, 15) is 14.6 Å². The fourth-order valence-corrected chi connectivity index (χ4v) is 8.61. The maximum Gasteiger partial charge on any atom is 0.330 e. The van der Waals surface area contributed by atoms with Crippen LogP contribution in [0.25, 0.3) is 32.9 Å². The molecule has 0 aliphatic carbocycles. The summed E-state index contributed by atoms with van der Waals surface area (Å²) in [5.74, 6) is -0.953. The Kier molecular flexibility index (Phi) is 11.4. The highest BCUT2D eigenvalue weighted by molar-refractivity contribution is 7.39. The number of rotatable bonds is 15. The Morgan fingerprint density at radius 1 is 1.13 bits per heavy atom. The van der Waals surface area contributed by atoms with Crippen LogP contribution < -0.4 is 19.7 Å². The van der Waals surface area contributed by atoms with Crippen LogP contribution >= 0.6 is 8.60 Å². The van der Waals surface area contributed by atoms with E-state index in [0.717, 1.165) is 38.8 Å². The number of nitrogens with zero attached hydrogens (tertiary/aromatic N) is 5. The van der Waals surface area contributed by atoms with Gasteiger partial charge >= 0.3 is 14.6 Å². The molecule has 3 N–H and O–H groups in total. The maximum absolute atomic E-state index is 17.3. The molecule has 3 aliphatic rings. The second kappa shape index (κ2) is 16.0. The molecular formula is C37H44F3N6O7P. The van der Waals surface area contributed by atoms with E-state index in [2.05, 4.69) is 20.2 Å². The molecule has 290 valence electrons.